The summed E-state index contributed by atoms with van der Waals surface area (Å²) in [7, 11) is -3.03. The van der Waals surface area contributed by atoms with E-state index in [1.807, 2.05) is 0 Å². The Labute approximate surface area is 111 Å². The third-order valence-corrected chi connectivity index (χ3v) is 50.4. The van der Waals surface area contributed by atoms with E-state index in [0.29, 0.717) is 0 Å². The third kappa shape index (κ3) is 2.83. The fraction of sp³-hybridized carbons (Fsp3) is 1.00. The van der Waals surface area contributed by atoms with Crippen LogP contribution in [-0.2, 0) is 0 Å². The molecule has 2 radical (unpaired) electrons. The van der Waals surface area contributed by atoms with Crippen molar-refractivity contribution in [2.45, 2.75) is 66.2 Å². The zero-order chi connectivity index (χ0) is 12.7. The van der Waals surface area contributed by atoms with Gasteiger partial charge < -0.3 is 0 Å². The van der Waals surface area contributed by atoms with Crippen LogP contribution in [0.15, 0.2) is 0 Å². The van der Waals surface area contributed by atoms with E-state index in [1.54, 1.807) is 0 Å². The van der Waals surface area contributed by atoms with Gasteiger partial charge in [-0.3, -0.25) is 0 Å². The van der Waals surface area contributed by atoms with Crippen LogP contribution in [0.25, 0.3) is 0 Å². The van der Waals surface area contributed by atoms with E-state index in [0.717, 1.165) is 2.30 Å². The van der Waals surface area contributed by atoms with E-state index < -0.39 is 24.2 Å². The standard InChI is InChI=1S/C10H27Si3.CH3.Sn/c1-11(2,3)10(12(4,5)6)13(7,8)9;;/h1-9H3;1H3;. The SMILES string of the molecule is [CH3][Sn][C]([Si](C)(C)C)([Si](C)(C)C)[Si](C)(C)C. The van der Waals surface area contributed by atoms with Crippen LogP contribution in [0.2, 0.25) is 66.2 Å². The molecule has 0 bridgehead atoms. The Hall–Kier alpha value is 1.45. The van der Waals surface area contributed by atoms with Crippen molar-refractivity contribution in [2.75, 3.05) is 0 Å². The fourth-order valence-electron chi connectivity index (χ4n) is 4.50. The van der Waals surface area contributed by atoms with Gasteiger partial charge in [0.25, 0.3) is 0 Å². The van der Waals surface area contributed by atoms with Gasteiger partial charge in [0, 0.05) is 0 Å². The molecule has 0 N–H and O–H groups in total. The Balaban J connectivity index is 5.78. The Morgan fingerprint density at radius 3 is 0.800 bits per heavy atom. The van der Waals surface area contributed by atoms with Crippen molar-refractivity contribution >= 4 is 45.4 Å². The predicted octanol–water partition coefficient (Wildman–Crippen LogP) is 4.53. The van der Waals surface area contributed by atoms with E-state index in [9.17, 15) is 0 Å². The molecule has 0 aromatic carbocycles. The molecule has 0 fully saturated rings. The molecule has 0 aromatic heterocycles. The molecule has 0 spiro atoms. The predicted molar refractivity (Wildman–Crippen MR) is 84.3 cm³/mol. The van der Waals surface area contributed by atoms with Gasteiger partial charge in [0.15, 0.2) is 0 Å². The molecule has 0 aromatic rings. The summed E-state index contributed by atoms with van der Waals surface area (Å²) in [6, 6.07) is 0. The second-order valence-corrected chi connectivity index (χ2v) is 32.8. The first kappa shape index (κ1) is 16.4. The summed E-state index contributed by atoms with van der Waals surface area (Å²) < 4.78 is 0.941. The first-order chi connectivity index (χ1) is 6.31. The molecule has 0 unspecified atom stereocenters. The van der Waals surface area contributed by atoms with Crippen LogP contribution in [-0.4, -0.2) is 45.4 Å². The molecule has 4 heteroatoms. The average molecular weight is 365 g/mol. The molecular formula is C11H30Si3Sn. The van der Waals surface area contributed by atoms with Crippen molar-refractivity contribution < 1.29 is 0 Å². The van der Waals surface area contributed by atoms with Crippen LogP contribution in [0.5, 0.6) is 0 Å². The van der Waals surface area contributed by atoms with Crippen LogP contribution >= 0.6 is 0 Å². The first-order valence-corrected chi connectivity index (χ1v) is 20.8. The second kappa shape index (κ2) is 4.61. The first-order valence-electron chi connectivity index (χ1n) is 6.00. The van der Waals surface area contributed by atoms with Gasteiger partial charge in [-0.25, -0.2) is 0 Å². The number of rotatable bonds is 4. The van der Waals surface area contributed by atoms with Gasteiger partial charge in [-0.15, -0.1) is 0 Å². The van der Waals surface area contributed by atoms with Crippen molar-refractivity contribution in [3.8, 4) is 0 Å². The van der Waals surface area contributed by atoms with Gasteiger partial charge in [-0.2, -0.15) is 0 Å². The van der Waals surface area contributed by atoms with Crippen molar-refractivity contribution in [1.29, 1.82) is 0 Å². The summed E-state index contributed by atoms with van der Waals surface area (Å²) in [5, 5.41) is 0. The molecule has 15 heavy (non-hydrogen) atoms. The Morgan fingerprint density at radius 1 is 0.600 bits per heavy atom. The van der Waals surface area contributed by atoms with Gasteiger partial charge in [-0.1, -0.05) is 0 Å². The Kier molecular flexibility index (Phi) is 5.06. The van der Waals surface area contributed by atoms with Gasteiger partial charge in [-0.05, 0) is 0 Å². The van der Waals surface area contributed by atoms with E-state index >= 15 is 0 Å². The summed E-state index contributed by atoms with van der Waals surface area (Å²) in [4.78, 5) is 2.62. The molecule has 0 heterocycles. The number of hydrogen-bond acceptors (Lipinski definition) is 0. The van der Waals surface area contributed by atoms with Crippen molar-refractivity contribution in [3.63, 3.8) is 0 Å². The van der Waals surface area contributed by atoms with Gasteiger partial charge in [0.2, 0.25) is 0 Å². The molecule has 0 rings (SSSR count). The van der Waals surface area contributed by atoms with Crippen molar-refractivity contribution in [3.05, 3.63) is 0 Å². The summed E-state index contributed by atoms with van der Waals surface area (Å²) >= 11 is -0.204. The summed E-state index contributed by atoms with van der Waals surface area (Å²) in [6.45, 7) is 23.8. The van der Waals surface area contributed by atoms with Crippen LogP contribution in [0, 0.1) is 0 Å². The third-order valence-electron chi connectivity index (χ3n) is 3.75. The Morgan fingerprint density at radius 2 is 0.800 bits per heavy atom. The van der Waals surface area contributed by atoms with E-state index in [4.69, 9.17) is 0 Å². The second-order valence-electron chi connectivity index (χ2n) is 7.75. The maximum absolute atomic E-state index is 2.65. The molecule has 0 aliphatic carbocycles. The zero-order valence-corrected chi connectivity index (χ0v) is 18.4. The van der Waals surface area contributed by atoms with Gasteiger partial charge in [0.05, 0.1) is 0 Å². The minimum absolute atomic E-state index is 0.204. The Bertz CT molecular complexity index is 181. The van der Waals surface area contributed by atoms with E-state index in [2.05, 4.69) is 63.9 Å². The van der Waals surface area contributed by atoms with Crippen molar-refractivity contribution in [2.24, 2.45) is 0 Å². The molecule has 0 amide bonds. The van der Waals surface area contributed by atoms with E-state index in [-0.39, 0.29) is 21.1 Å². The van der Waals surface area contributed by atoms with Crippen LogP contribution in [0.3, 0.4) is 0 Å². The molecule has 0 aliphatic heterocycles. The minimum atomic E-state index is -1.01. The molecule has 0 nitrogen and oxygen atoms in total. The van der Waals surface area contributed by atoms with Crippen LogP contribution < -0.4 is 0 Å². The number of hydrogen-bond donors (Lipinski definition) is 0. The van der Waals surface area contributed by atoms with Crippen LogP contribution in [0.1, 0.15) is 0 Å². The van der Waals surface area contributed by atoms with Crippen molar-refractivity contribution in [1.82, 2.24) is 0 Å². The molecule has 0 atom stereocenters. The molecule has 0 aliphatic rings. The summed E-state index contributed by atoms with van der Waals surface area (Å²) in [5.74, 6) is 0. The quantitative estimate of drug-likeness (QED) is 0.642. The normalized spacial score (nSPS) is 15.6. The van der Waals surface area contributed by atoms with Gasteiger partial charge in [0.1, 0.15) is 0 Å². The molecule has 0 saturated carbocycles. The average Bonchev–Trinajstić information content (AvgIpc) is 1.76. The van der Waals surface area contributed by atoms with E-state index in [1.165, 1.54) is 0 Å². The zero-order valence-electron chi connectivity index (χ0n) is 12.5. The fourth-order valence-corrected chi connectivity index (χ4v) is 53.0. The monoisotopic (exact) mass is 366 g/mol. The molecular weight excluding hydrogens is 335 g/mol. The van der Waals surface area contributed by atoms with Crippen LogP contribution in [0.4, 0.5) is 0 Å². The summed E-state index contributed by atoms with van der Waals surface area (Å²) in [5.41, 5.74) is 0. The van der Waals surface area contributed by atoms with Gasteiger partial charge >= 0.3 is 112 Å². The molecule has 0 saturated heterocycles. The summed E-state index contributed by atoms with van der Waals surface area (Å²) in [6.07, 6.45) is 0. The molecule has 90 valence electrons. The maximum atomic E-state index is 2.65. The topological polar surface area (TPSA) is 0 Å².